The lowest BCUT2D eigenvalue weighted by Gasteiger charge is -2.11. The zero-order valence-electron chi connectivity index (χ0n) is 11.9. The van der Waals surface area contributed by atoms with Crippen molar-refractivity contribution >= 4 is 27.9 Å². The Balaban J connectivity index is 2.36. The van der Waals surface area contributed by atoms with Crippen LogP contribution in [0.1, 0.15) is 26.0 Å². The van der Waals surface area contributed by atoms with Crippen LogP contribution in [0.3, 0.4) is 0 Å². The van der Waals surface area contributed by atoms with E-state index >= 15 is 0 Å². The molecule has 0 saturated carbocycles. The van der Waals surface area contributed by atoms with Gasteiger partial charge >= 0.3 is 0 Å². The molecule has 0 aliphatic rings. The number of hydrogen-bond acceptors (Lipinski definition) is 4. The Hall–Kier alpha value is -1.37. The minimum atomic E-state index is -0.811. The average Bonchev–Trinajstić information content (AvgIpc) is 2.84. The van der Waals surface area contributed by atoms with E-state index in [0.29, 0.717) is 12.5 Å². The van der Waals surface area contributed by atoms with Gasteiger partial charge in [0.2, 0.25) is 5.95 Å². The van der Waals surface area contributed by atoms with Crippen molar-refractivity contribution in [1.29, 1.82) is 0 Å². The number of nitrogen functional groups attached to an aromatic ring is 1. The SMILES string of the molecule is CCn1nc(C)c2nc(N)n(CCC(C)S(C)=O)c21. The highest BCUT2D eigenvalue weighted by molar-refractivity contribution is 7.84. The van der Waals surface area contributed by atoms with Crippen molar-refractivity contribution in [2.24, 2.45) is 0 Å². The molecule has 19 heavy (non-hydrogen) atoms. The predicted molar refractivity (Wildman–Crippen MR) is 78.5 cm³/mol. The van der Waals surface area contributed by atoms with Gasteiger partial charge in [0.15, 0.2) is 5.65 Å². The Morgan fingerprint density at radius 2 is 2.16 bits per heavy atom. The fourth-order valence-electron chi connectivity index (χ4n) is 2.16. The van der Waals surface area contributed by atoms with Crippen LogP contribution >= 0.6 is 0 Å². The number of aromatic nitrogens is 4. The van der Waals surface area contributed by atoms with Gasteiger partial charge in [0.05, 0.1) is 5.69 Å². The largest absolute Gasteiger partial charge is 0.369 e. The molecule has 0 aromatic carbocycles. The number of aryl methyl sites for hydroxylation is 3. The number of nitrogens with zero attached hydrogens (tertiary/aromatic N) is 4. The zero-order chi connectivity index (χ0) is 14.2. The lowest BCUT2D eigenvalue weighted by atomic mass is 10.3. The summed E-state index contributed by atoms with van der Waals surface area (Å²) >= 11 is 0. The molecule has 2 atom stereocenters. The number of imidazole rings is 1. The van der Waals surface area contributed by atoms with E-state index in [0.717, 1.165) is 29.8 Å². The first-order chi connectivity index (χ1) is 8.95. The monoisotopic (exact) mass is 283 g/mol. The van der Waals surface area contributed by atoms with E-state index in [1.54, 1.807) is 6.26 Å². The number of nitrogens with two attached hydrogens (primary N) is 1. The maximum absolute atomic E-state index is 11.4. The molecule has 2 aromatic rings. The molecule has 0 amide bonds. The second-order valence-electron chi connectivity index (χ2n) is 4.79. The smallest absolute Gasteiger partial charge is 0.202 e. The van der Waals surface area contributed by atoms with Gasteiger partial charge in [0.25, 0.3) is 0 Å². The molecule has 2 N–H and O–H groups in total. The van der Waals surface area contributed by atoms with Crippen LogP contribution < -0.4 is 5.73 Å². The van der Waals surface area contributed by atoms with Gasteiger partial charge in [-0.25, -0.2) is 9.67 Å². The lowest BCUT2D eigenvalue weighted by Crippen LogP contribution is -2.15. The Morgan fingerprint density at radius 3 is 2.74 bits per heavy atom. The average molecular weight is 283 g/mol. The maximum Gasteiger partial charge on any atom is 0.202 e. The maximum atomic E-state index is 11.4. The normalized spacial score (nSPS) is 14.9. The minimum Gasteiger partial charge on any atom is -0.369 e. The molecule has 106 valence electrons. The summed E-state index contributed by atoms with van der Waals surface area (Å²) in [6.07, 6.45) is 2.55. The molecule has 6 nitrogen and oxygen atoms in total. The third kappa shape index (κ3) is 2.51. The van der Waals surface area contributed by atoms with Gasteiger partial charge in [-0.1, -0.05) is 6.92 Å². The summed E-state index contributed by atoms with van der Waals surface area (Å²) in [5, 5.41) is 4.60. The van der Waals surface area contributed by atoms with Crippen LogP contribution in [0.5, 0.6) is 0 Å². The van der Waals surface area contributed by atoms with Gasteiger partial charge in [-0.3, -0.25) is 8.78 Å². The van der Waals surface area contributed by atoms with Crippen LogP contribution in [0, 0.1) is 6.92 Å². The number of rotatable bonds is 5. The standard InChI is InChI=1S/C12H21N5OS/c1-5-17-11-10(9(3)15-17)14-12(13)16(11)7-6-8(2)19(4)18/h8H,5-7H2,1-4H3,(H2,13,14). The second kappa shape index (κ2) is 5.32. The first-order valence-corrected chi connectivity index (χ1v) is 8.09. The summed E-state index contributed by atoms with van der Waals surface area (Å²) < 4.78 is 15.3. The van der Waals surface area contributed by atoms with Crippen molar-refractivity contribution in [1.82, 2.24) is 19.3 Å². The van der Waals surface area contributed by atoms with Crippen molar-refractivity contribution < 1.29 is 4.21 Å². The van der Waals surface area contributed by atoms with E-state index in [-0.39, 0.29) is 5.25 Å². The van der Waals surface area contributed by atoms with E-state index in [4.69, 9.17) is 5.73 Å². The third-order valence-corrected chi connectivity index (χ3v) is 4.82. The van der Waals surface area contributed by atoms with Crippen molar-refractivity contribution in [3.05, 3.63) is 5.69 Å². The van der Waals surface area contributed by atoms with Gasteiger partial charge in [0.1, 0.15) is 5.52 Å². The topological polar surface area (TPSA) is 78.7 Å². The van der Waals surface area contributed by atoms with Gasteiger partial charge < -0.3 is 5.73 Å². The summed E-state index contributed by atoms with van der Waals surface area (Å²) in [4.78, 5) is 4.39. The fraction of sp³-hybridized carbons (Fsp3) is 0.667. The molecule has 0 fully saturated rings. The molecule has 7 heteroatoms. The van der Waals surface area contributed by atoms with E-state index in [9.17, 15) is 4.21 Å². The van der Waals surface area contributed by atoms with Crippen molar-refractivity contribution in [2.45, 2.75) is 45.5 Å². The van der Waals surface area contributed by atoms with Crippen LogP contribution in [0.25, 0.3) is 11.2 Å². The van der Waals surface area contributed by atoms with Crippen molar-refractivity contribution in [3.63, 3.8) is 0 Å². The number of anilines is 1. The number of hydrogen-bond donors (Lipinski definition) is 1. The predicted octanol–water partition coefficient (Wildman–Crippen LogP) is 1.30. The Labute approximate surface area is 115 Å². The van der Waals surface area contributed by atoms with Crippen LogP contribution in [0.15, 0.2) is 0 Å². The summed E-state index contributed by atoms with van der Waals surface area (Å²) in [6, 6.07) is 0. The number of fused-ring (bicyclic) bond motifs is 1. The molecule has 2 aromatic heterocycles. The molecular weight excluding hydrogens is 262 g/mol. The Kier molecular flexibility index (Phi) is 3.93. The molecule has 2 unspecified atom stereocenters. The molecule has 0 radical (unpaired) electrons. The van der Waals surface area contributed by atoms with Crippen LogP contribution in [-0.2, 0) is 23.9 Å². The second-order valence-corrected chi connectivity index (χ2v) is 6.59. The highest BCUT2D eigenvalue weighted by Gasteiger charge is 2.17. The highest BCUT2D eigenvalue weighted by atomic mass is 32.2. The molecule has 0 spiro atoms. The lowest BCUT2D eigenvalue weighted by molar-refractivity contribution is 0.603. The molecular formula is C12H21N5OS. The molecule has 2 rings (SSSR count). The van der Waals surface area contributed by atoms with Gasteiger partial charge in [-0.15, -0.1) is 0 Å². The summed E-state index contributed by atoms with van der Waals surface area (Å²) in [7, 11) is -0.811. The fourth-order valence-corrected chi connectivity index (χ4v) is 2.60. The van der Waals surface area contributed by atoms with Gasteiger partial charge in [-0.2, -0.15) is 5.10 Å². The van der Waals surface area contributed by atoms with E-state index in [2.05, 4.69) is 10.1 Å². The summed E-state index contributed by atoms with van der Waals surface area (Å²) in [5.41, 5.74) is 8.71. The molecule has 0 bridgehead atoms. The van der Waals surface area contributed by atoms with Crippen LogP contribution in [-0.4, -0.2) is 35.0 Å². The van der Waals surface area contributed by atoms with Gasteiger partial charge in [0, 0.05) is 35.4 Å². The van der Waals surface area contributed by atoms with Crippen molar-refractivity contribution in [2.75, 3.05) is 12.0 Å². The summed E-state index contributed by atoms with van der Waals surface area (Å²) in [6.45, 7) is 7.47. The van der Waals surface area contributed by atoms with Crippen LogP contribution in [0.2, 0.25) is 0 Å². The Bertz CT molecular complexity index is 615. The quantitative estimate of drug-likeness (QED) is 0.897. The van der Waals surface area contributed by atoms with Crippen LogP contribution in [0.4, 0.5) is 5.95 Å². The molecule has 0 aliphatic carbocycles. The van der Waals surface area contributed by atoms with E-state index < -0.39 is 10.8 Å². The van der Waals surface area contributed by atoms with Crippen molar-refractivity contribution in [3.8, 4) is 0 Å². The van der Waals surface area contributed by atoms with Gasteiger partial charge in [-0.05, 0) is 20.3 Å². The zero-order valence-corrected chi connectivity index (χ0v) is 12.7. The van der Waals surface area contributed by atoms with E-state index in [1.165, 1.54) is 0 Å². The first-order valence-electron chi connectivity index (χ1n) is 6.47. The summed E-state index contributed by atoms with van der Waals surface area (Å²) in [5.74, 6) is 0.506. The first kappa shape index (κ1) is 14.0. The molecule has 0 aliphatic heterocycles. The third-order valence-electron chi connectivity index (χ3n) is 3.45. The highest BCUT2D eigenvalue weighted by Crippen LogP contribution is 2.21. The Morgan fingerprint density at radius 1 is 1.47 bits per heavy atom. The molecule has 0 saturated heterocycles. The molecule has 2 heterocycles. The minimum absolute atomic E-state index is 0.149. The van der Waals surface area contributed by atoms with E-state index in [1.807, 2.05) is 30.0 Å².